The second kappa shape index (κ2) is 9.11. The van der Waals surface area contributed by atoms with Crippen LogP contribution in [-0.4, -0.2) is 24.7 Å². The van der Waals surface area contributed by atoms with E-state index < -0.39 is 0 Å². The van der Waals surface area contributed by atoms with Crippen molar-refractivity contribution in [1.29, 1.82) is 0 Å². The Kier molecular flexibility index (Phi) is 6.79. The number of benzene rings is 1. The zero-order chi connectivity index (χ0) is 15.6. The molecule has 1 aromatic rings. The number of carbonyl (C=O) groups is 1. The number of unbranched alkanes of at least 4 members (excludes halogenated alkanes) is 2. The van der Waals surface area contributed by atoms with E-state index in [-0.39, 0.29) is 12.1 Å². The lowest BCUT2D eigenvalue weighted by Crippen LogP contribution is -2.52. The minimum absolute atomic E-state index is 0.228. The first-order chi connectivity index (χ1) is 10.8. The van der Waals surface area contributed by atoms with Crippen molar-refractivity contribution in [3.63, 3.8) is 0 Å². The third-order valence-corrected chi connectivity index (χ3v) is 3.85. The average Bonchev–Trinajstić information content (AvgIpc) is 2.51. The van der Waals surface area contributed by atoms with Crippen LogP contribution in [0.25, 0.3) is 0 Å². The van der Waals surface area contributed by atoms with Crippen LogP contribution in [0.15, 0.2) is 30.3 Å². The molecule has 0 bridgehead atoms. The third kappa shape index (κ3) is 5.79. The summed E-state index contributed by atoms with van der Waals surface area (Å²) in [6.45, 7) is 1.31. The average molecular weight is 300 g/mol. The second-order valence-corrected chi connectivity index (χ2v) is 5.69. The highest BCUT2D eigenvalue weighted by atomic mass is 16.5. The van der Waals surface area contributed by atoms with Gasteiger partial charge in [-0.3, -0.25) is 0 Å². The van der Waals surface area contributed by atoms with Crippen LogP contribution < -0.4 is 10.6 Å². The molecular weight excluding hydrogens is 276 g/mol. The van der Waals surface area contributed by atoms with Gasteiger partial charge in [0.05, 0.1) is 0 Å². The number of carbonyl (C=O) groups excluding carboxylic acids is 1. The lowest BCUT2D eigenvalue weighted by atomic mass is 9.87. The van der Waals surface area contributed by atoms with Crippen LogP contribution >= 0.6 is 0 Å². The molecule has 0 heterocycles. The molecule has 1 aliphatic carbocycles. The summed E-state index contributed by atoms with van der Waals surface area (Å²) in [5, 5.41) is 6.38. The van der Waals surface area contributed by atoms with E-state index in [9.17, 15) is 4.79 Å². The fraction of sp³-hybridized carbons (Fsp3) is 0.500. The Balaban J connectivity index is 1.50. The van der Waals surface area contributed by atoms with Gasteiger partial charge in [-0.15, -0.1) is 12.3 Å². The molecule has 22 heavy (non-hydrogen) atoms. The van der Waals surface area contributed by atoms with Gasteiger partial charge in [-0.25, -0.2) is 4.79 Å². The van der Waals surface area contributed by atoms with E-state index in [0.717, 1.165) is 44.2 Å². The van der Waals surface area contributed by atoms with E-state index in [1.165, 1.54) is 0 Å². The molecule has 0 unspecified atom stereocenters. The van der Waals surface area contributed by atoms with E-state index in [0.29, 0.717) is 12.6 Å². The SMILES string of the molecule is C#CCCCCNC1CC(NC(=O)OCc2ccccc2)C1. The van der Waals surface area contributed by atoms with Gasteiger partial charge in [0, 0.05) is 18.5 Å². The largest absolute Gasteiger partial charge is 0.445 e. The van der Waals surface area contributed by atoms with Gasteiger partial charge in [-0.1, -0.05) is 30.3 Å². The molecule has 1 amide bonds. The number of alkyl carbamates (subject to hydrolysis) is 1. The minimum atomic E-state index is -0.332. The van der Waals surface area contributed by atoms with Gasteiger partial charge in [0.1, 0.15) is 6.61 Å². The first-order valence-corrected chi connectivity index (χ1v) is 7.92. The molecule has 4 heteroatoms. The molecule has 1 aromatic carbocycles. The van der Waals surface area contributed by atoms with Crippen LogP contribution in [0.4, 0.5) is 4.79 Å². The fourth-order valence-corrected chi connectivity index (χ4v) is 2.49. The molecule has 0 aliphatic heterocycles. The lowest BCUT2D eigenvalue weighted by Gasteiger charge is -2.36. The number of hydrogen-bond acceptors (Lipinski definition) is 3. The van der Waals surface area contributed by atoms with Crippen molar-refractivity contribution in [3.05, 3.63) is 35.9 Å². The number of hydrogen-bond donors (Lipinski definition) is 2. The van der Waals surface area contributed by atoms with Gasteiger partial charge in [-0.05, 0) is 37.8 Å². The van der Waals surface area contributed by atoms with Crippen molar-refractivity contribution < 1.29 is 9.53 Å². The van der Waals surface area contributed by atoms with Crippen molar-refractivity contribution in [2.45, 2.75) is 50.8 Å². The van der Waals surface area contributed by atoms with Crippen LogP contribution in [-0.2, 0) is 11.3 Å². The van der Waals surface area contributed by atoms with Gasteiger partial charge >= 0.3 is 6.09 Å². The summed E-state index contributed by atoms with van der Waals surface area (Å²) in [7, 11) is 0. The highest BCUT2D eigenvalue weighted by Gasteiger charge is 2.29. The molecule has 4 nitrogen and oxygen atoms in total. The summed E-state index contributed by atoms with van der Waals surface area (Å²) in [6.07, 6.45) is 9.85. The number of rotatable bonds is 8. The van der Waals surface area contributed by atoms with Crippen LogP contribution in [0.2, 0.25) is 0 Å². The van der Waals surface area contributed by atoms with Crippen molar-refractivity contribution in [1.82, 2.24) is 10.6 Å². The summed E-state index contributed by atoms with van der Waals surface area (Å²) in [5.41, 5.74) is 0.998. The molecule has 0 radical (unpaired) electrons. The van der Waals surface area contributed by atoms with Crippen LogP contribution in [0.5, 0.6) is 0 Å². The van der Waals surface area contributed by atoms with E-state index >= 15 is 0 Å². The molecular formula is C18H24N2O2. The topological polar surface area (TPSA) is 50.4 Å². The summed E-state index contributed by atoms with van der Waals surface area (Å²) in [5.74, 6) is 2.65. The third-order valence-electron chi connectivity index (χ3n) is 3.85. The van der Waals surface area contributed by atoms with Crippen LogP contribution in [0.3, 0.4) is 0 Å². The Morgan fingerprint density at radius 1 is 1.23 bits per heavy atom. The Bertz CT molecular complexity index is 490. The predicted molar refractivity (Wildman–Crippen MR) is 87.3 cm³/mol. The monoisotopic (exact) mass is 300 g/mol. The van der Waals surface area contributed by atoms with Gasteiger partial charge < -0.3 is 15.4 Å². The summed E-state index contributed by atoms with van der Waals surface area (Å²) in [4.78, 5) is 11.7. The molecule has 1 fully saturated rings. The Morgan fingerprint density at radius 3 is 2.73 bits per heavy atom. The summed E-state index contributed by atoms with van der Waals surface area (Å²) < 4.78 is 5.21. The highest BCUT2D eigenvalue weighted by molar-refractivity contribution is 5.67. The van der Waals surface area contributed by atoms with E-state index in [1.807, 2.05) is 30.3 Å². The second-order valence-electron chi connectivity index (χ2n) is 5.69. The first kappa shape index (κ1) is 16.4. The normalized spacial score (nSPS) is 19.8. The minimum Gasteiger partial charge on any atom is -0.445 e. The number of ether oxygens (including phenoxy) is 1. The van der Waals surface area contributed by atoms with E-state index in [2.05, 4.69) is 16.6 Å². The molecule has 0 aromatic heterocycles. The lowest BCUT2D eigenvalue weighted by molar-refractivity contribution is 0.125. The molecule has 2 N–H and O–H groups in total. The van der Waals surface area contributed by atoms with Crippen molar-refractivity contribution >= 4 is 6.09 Å². The Hall–Kier alpha value is -1.99. The molecule has 0 spiro atoms. The molecule has 2 rings (SSSR count). The predicted octanol–water partition coefficient (Wildman–Crippen LogP) is 2.84. The maximum atomic E-state index is 11.7. The van der Waals surface area contributed by atoms with Gasteiger partial charge in [0.15, 0.2) is 0 Å². The van der Waals surface area contributed by atoms with Crippen molar-refractivity contribution in [2.75, 3.05) is 6.54 Å². The Morgan fingerprint density at radius 2 is 2.00 bits per heavy atom. The van der Waals surface area contributed by atoms with Crippen molar-refractivity contribution in [3.8, 4) is 12.3 Å². The molecule has 1 aliphatic rings. The van der Waals surface area contributed by atoms with Gasteiger partial charge in [-0.2, -0.15) is 0 Å². The summed E-state index contributed by atoms with van der Waals surface area (Å²) >= 11 is 0. The molecule has 118 valence electrons. The first-order valence-electron chi connectivity index (χ1n) is 7.92. The van der Waals surface area contributed by atoms with Crippen molar-refractivity contribution in [2.24, 2.45) is 0 Å². The van der Waals surface area contributed by atoms with Crippen LogP contribution in [0.1, 0.15) is 37.7 Å². The zero-order valence-electron chi connectivity index (χ0n) is 12.9. The quantitative estimate of drug-likeness (QED) is 0.573. The molecule has 0 saturated heterocycles. The smallest absolute Gasteiger partial charge is 0.407 e. The Labute approximate surface area is 132 Å². The number of amides is 1. The van der Waals surface area contributed by atoms with E-state index in [1.54, 1.807) is 0 Å². The molecule has 0 atom stereocenters. The standard InChI is InChI=1S/C18H24N2O2/c1-2-3-4-8-11-19-16-12-17(13-16)20-18(21)22-14-15-9-6-5-7-10-15/h1,5-7,9-10,16-17,19H,3-4,8,11-14H2,(H,20,21). The molecule has 1 saturated carbocycles. The maximum Gasteiger partial charge on any atom is 0.407 e. The van der Waals surface area contributed by atoms with Gasteiger partial charge in [0.25, 0.3) is 0 Å². The van der Waals surface area contributed by atoms with Gasteiger partial charge in [0.2, 0.25) is 0 Å². The highest BCUT2D eigenvalue weighted by Crippen LogP contribution is 2.20. The fourth-order valence-electron chi connectivity index (χ4n) is 2.49. The number of nitrogens with one attached hydrogen (secondary N) is 2. The van der Waals surface area contributed by atoms with E-state index in [4.69, 9.17) is 11.2 Å². The maximum absolute atomic E-state index is 11.7. The number of terminal acetylenes is 1. The summed E-state index contributed by atoms with van der Waals surface area (Å²) in [6, 6.07) is 10.4. The zero-order valence-corrected chi connectivity index (χ0v) is 12.9. The van der Waals surface area contributed by atoms with Crippen LogP contribution in [0, 0.1) is 12.3 Å².